The molecule has 3 heterocycles. The number of para-hydroxylation sites is 1. The Morgan fingerprint density at radius 1 is 0.857 bits per heavy atom. The highest BCUT2D eigenvalue weighted by Crippen LogP contribution is 2.50. The zero-order chi connectivity index (χ0) is 24.0. The standard InChI is InChI=1S/C25H16N4O6/c30-15-3-1-2-12-18(15)28-20-14(26-12)8-11-9-4-6-13-19(23(9)35-24(20)22(11)32)29-21-16(31)7-5-10(25(33)34)17(21)27-13/h1-7,11,22,24,30-32H,8H2,(H,33,34). The zero-order valence-electron chi connectivity index (χ0n) is 17.9. The van der Waals surface area contributed by atoms with Gasteiger partial charge in [0.15, 0.2) is 11.9 Å². The number of nitrogens with zero attached hydrogens (tertiary/aromatic N) is 4. The lowest BCUT2D eigenvalue weighted by atomic mass is 9.77. The third kappa shape index (κ3) is 2.65. The number of carboxylic acid groups (broad SMARTS) is 1. The molecule has 7 rings (SSSR count). The van der Waals surface area contributed by atoms with Gasteiger partial charge in [0.1, 0.15) is 45.4 Å². The van der Waals surface area contributed by atoms with Crippen LogP contribution in [-0.4, -0.2) is 52.4 Å². The molecule has 0 spiro atoms. The van der Waals surface area contributed by atoms with Crippen LogP contribution in [0.5, 0.6) is 17.2 Å². The Labute approximate surface area is 196 Å². The number of hydrogen-bond acceptors (Lipinski definition) is 9. The maximum atomic E-state index is 11.7. The number of aromatic carboxylic acids is 1. The molecule has 10 heteroatoms. The molecule has 10 nitrogen and oxygen atoms in total. The average molecular weight is 468 g/mol. The van der Waals surface area contributed by atoms with Crippen molar-refractivity contribution < 1.29 is 30.0 Å². The summed E-state index contributed by atoms with van der Waals surface area (Å²) in [4.78, 5) is 30.0. The molecule has 3 unspecified atom stereocenters. The Bertz CT molecular complexity index is 1750. The van der Waals surface area contributed by atoms with Gasteiger partial charge >= 0.3 is 5.97 Å². The Morgan fingerprint density at radius 2 is 1.66 bits per heavy atom. The largest absolute Gasteiger partial charge is 0.506 e. The molecular formula is C25H16N4O6. The van der Waals surface area contributed by atoms with Crippen LogP contribution in [0.25, 0.3) is 33.1 Å². The van der Waals surface area contributed by atoms with Crippen LogP contribution in [0.15, 0.2) is 42.5 Å². The predicted molar refractivity (Wildman–Crippen MR) is 123 cm³/mol. The van der Waals surface area contributed by atoms with Gasteiger partial charge in [-0.15, -0.1) is 0 Å². The summed E-state index contributed by atoms with van der Waals surface area (Å²) < 4.78 is 6.28. The number of carbonyl (C=O) groups is 1. The molecule has 0 radical (unpaired) electrons. The van der Waals surface area contributed by atoms with Crippen molar-refractivity contribution in [3.05, 3.63) is 65.0 Å². The number of rotatable bonds is 1. The quantitative estimate of drug-likeness (QED) is 0.269. The minimum absolute atomic E-state index is 0.0156. The minimum atomic E-state index is -1.18. The lowest BCUT2D eigenvalue weighted by Crippen LogP contribution is -2.40. The minimum Gasteiger partial charge on any atom is -0.506 e. The van der Waals surface area contributed by atoms with E-state index in [4.69, 9.17) is 4.74 Å². The predicted octanol–water partition coefficient (Wildman–Crippen LogP) is 2.97. The summed E-state index contributed by atoms with van der Waals surface area (Å²) in [5.74, 6) is -1.35. The highest BCUT2D eigenvalue weighted by molar-refractivity contribution is 6.05. The zero-order valence-corrected chi connectivity index (χ0v) is 17.9. The Hall–Kier alpha value is -4.57. The van der Waals surface area contributed by atoms with E-state index < -0.39 is 18.2 Å². The number of hydrogen-bond donors (Lipinski definition) is 4. The van der Waals surface area contributed by atoms with Gasteiger partial charge in [-0.3, -0.25) is 0 Å². The van der Waals surface area contributed by atoms with Gasteiger partial charge in [0.2, 0.25) is 0 Å². The molecule has 0 saturated heterocycles. The fourth-order valence-electron chi connectivity index (χ4n) is 5.13. The van der Waals surface area contributed by atoms with E-state index in [2.05, 4.69) is 19.9 Å². The summed E-state index contributed by atoms with van der Waals surface area (Å²) in [6.07, 6.45) is -1.34. The second-order valence-electron chi connectivity index (χ2n) is 8.75. The number of benzene rings is 3. The third-order valence-electron chi connectivity index (χ3n) is 6.78. The van der Waals surface area contributed by atoms with Crippen LogP contribution < -0.4 is 4.74 Å². The summed E-state index contributed by atoms with van der Waals surface area (Å²) in [5, 5.41) is 41.3. The highest BCUT2D eigenvalue weighted by Gasteiger charge is 2.45. The molecule has 1 aliphatic heterocycles. The number of aliphatic hydroxyl groups excluding tert-OH is 1. The molecule has 5 aromatic rings. The molecule has 172 valence electrons. The molecule has 4 N–H and O–H groups in total. The van der Waals surface area contributed by atoms with Gasteiger partial charge in [-0.05, 0) is 30.3 Å². The topological polar surface area (TPSA) is 159 Å². The first-order valence-electron chi connectivity index (χ1n) is 10.9. The van der Waals surface area contributed by atoms with Gasteiger partial charge in [0, 0.05) is 17.9 Å². The van der Waals surface area contributed by atoms with E-state index in [-0.39, 0.29) is 34.0 Å². The van der Waals surface area contributed by atoms with E-state index in [0.717, 1.165) is 0 Å². The normalized spacial score (nSPS) is 20.4. The van der Waals surface area contributed by atoms with E-state index in [1.54, 1.807) is 24.3 Å². The van der Waals surface area contributed by atoms with Crippen molar-refractivity contribution >= 4 is 39.1 Å². The number of aromatic hydroxyl groups is 2. The van der Waals surface area contributed by atoms with Gasteiger partial charge in [-0.25, -0.2) is 24.7 Å². The number of carboxylic acids is 1. The fourth-order valence-corrected chi connectivity index (χ4v) is 5.13. The molecule has 1 aliphatic carbocycles. The molecular weight excluding hydrogens is 452 g/mol. The van der Waals surface area contributed by atoms with Crippen molar-refractivity contribution in [2.45, 2.75) is 24.5 Å². The number of aromatic nitrogens is 4. The Balaban J connectivity index is 1.46. The SMILES string of the molecule is O=C(O)c1ccc(O)c2nc3c4c(ccc3nc12)C1Cc2nc3cccc(O)c3nc2C(O4)C1O. The number of aliphatic hydroxyl groups is 1. The summed E-state index contributed by atoms with van der Waals surface area (Å²) >= 11 is 0. The number of phenolic OH excluding ortho intramolecular Hbond substituents is 2. The molecule has 2 aromatic heterocycles. The first-order chi connectivity index (χ1) is 16.9. The summed E-state index contributed by atoms with van der Waals surface area (Å²) in [5.41, 5.74) is 3.48. The molecule has 35 heavy (non-hydrogen) atoms. The van der Waals surface area contributed by atoms with Crippen molar-refractivity contribution in [3.8, 4) is 17.2 Å². The van der Waals surface area contributed by atoms with Gasteiger partial charge in [0.05, 0.1) is 22.3 Å². The van der Waals surface area contributed by atoms with E-state index in [9.17, 15) is 25.2 Å². The Kier molecular flexibility index (Phi) is 3.82. The summed E-state index contributed by atoms with van der Waals surface area (Å²) in [6.45, 7) is 0. The maximum absolute atomic E-state index is 11.7. The van der Waals surface area contributed by atoms with Crippen molar-refractivity contribution in [1.82, 2.24) is 19.9 Å². The van der Waals surface area contributed by atoms with Crippen molar-refractivity contribution in [3.63, 3.8) is 0 Å². The molecule has 0 saturated carbocycles. The van der Waals surface area contributed by atoms with Gasteiger partial charge in [-0.2, -0.15) is 0 Å². The van der Waals surface area contributed by atoms with Crippen LogP contribution in [-0.2, 0) is 6.42 Å². The van der Waals surface area contributed by atoms with E-state index in [0.29, 0.717) is 51.2 Å². The van der Waals surface area contributed by atoms with Crippen molar-refractivity contribution in [2.24, 2.45) is 0 Å². The first kappa shape index (κ1) is 19.9. The van der Waals surface area contributed by atoms with Crippen LogP contribution in [0.4, 0.5) is 0 Å². The van der Waals surface area contributed by atoms with E-state index in [1.807, 2.05) is 0 Å². The molecule has 2 bridgehead atoms. The first-order valence-corrected chi connectivity index (χ1v) is 10.9. The smallest absolute Gasteiger partial charge is 0.337 e. The van der Waals surface area contributed by atoms with Crippen LogP contribution in [0, 0.1) is 0 Å². The van der Waals surface area contributed by atoms with Crippen LogP contribution >= 0.6 is 0 Å². The number of fused-ring (bicyclic) bond motifs is 10. The van der Waals surface area contributed by atoms with Gasteiger partial charge < -0.3 is 25.2 Å². The van der Waals surface area contributed by atoms with E-state index in [1.165, 1.54) is 18.2 Å². The molecule has 2 aliphatic rings. The number of ether oxygens (including phenoxy) is 1. The fraction of sp³-hybridized carbons (Fsp3) is 0.160. The molecule has 0 amide bonds. The van der Waals surface area contributed by atoms with Crippen LogP contribution in [0.2, 0.25) is 0 Å². The second kappa shape index (κ2) is 6.73. The molecule has 0 fully saturated rings. The Morgan fingerprint density at radius 3 is 2.49 bits per heavy atom. The number of phenols is 2. The van der Waals surface area contributed by atoms with Crippen LogP contribution in [0.3, 0.4) is 0 Å². The summed E-state index contributed by atoms with van der Waals surface area (Å²) in [7, 11) is 0. The van der Waals surface area contributed by atoms with Crippen LogP contribution in [0.1, 0.15) is 39.3 Å². The maximum Gasteiger partial charge on any atom is 0.337 e. The second-order valence-corrected chi connectivity index (χ2v) is 8.75. The van der Waals surface area contributed by atoms with E-state index >= 15 is 0 Å². The summed E-state index contributed by atoms with van der Waals surface area (Å²) in [6, 6.07) is 11.0. The third-order valence-corrected chi connectivity index (χ3v) is 6.78. The lowest BCUT2D eigenvalue weighted by Gasteiger charge is -2.40. The van der Waals surface area contributed by atoms with Gasteiger partial charge in [0.25, 0.3) is 0 Å². The molecule has 3 aromatic carbocycles. The van der Waals surface area contributed by atoms with Crippen molar-refractivity contribution in [2.75, 3.05) is 0 Å². The lowest BCUT2D eigenvalue weighted by molar-refractivity contribution is -0.0106. The van der Waals surface area contributed by atoms with Gasteiger partial charge in [-0.1, -0.05) is 12.1 Å². The highest BCUT2D eigenvalue weighted by atomic mass is 16.5. The monoisotopic (exact) mass is 468 g/mol. The average Bonchev–Trinajstić information content (AvgIpc) is 2.83. The molecule has 3 atom stereocenters. The van der Waals surface area contributed by atoms with Crippen molar-refractivity contribution in [1.29, 1.82) is 0 Å².